The maximum Gasteiger partial charge on any atom is 0.0476 e. The molecule has 0 bridgehead atoms. The highest BCUT2D eigenvalue weighted by Crippen LogP contribution is 2.04. The number of rotatable bonds is 2. The SMILES string of the molecule is CC=CCC(S)S. The second-order valence-corrected chi connectivity index (χ2v) is 2.94. The van der Waals surface area contributed by atoms with Crippen molar-refractivity contribution in [2.24, 2.45) is 0 Å². The molecule has 42 valence electrons. The van der Waals surface area contributed by atoms with Gasteiger partial charge in [-0.25, -0.2) is 0 Å². The Hall–Kier alpha value is 0.440. The number of hydrogen-bond donors (Lipinski definition) is 2. The van der Waals surface area contributed by atoms with Crippen LogP contribution in [0.2, 0.25) is 0 Å². The van der Waals surface area contributed by atoms with Crippen LogP contribution < -0.4 is 0 Å². The molecule has 0 radical (unpaired) electrons. The van der Waals surface area contributed by atoms with Crippen LogP contribution in [-0.4, -0.2) is 4.58 Å². The summed E-state index contributed by atoms with van der Waals surface area (Å²) in [7, 11) is 0. The highest BCUT2D eigenvalue weighted by Gasteiger charge is 1.85. The third-order valence-corrected chi connectivity index (χ3v) is 1.00. The van der Waals surface area contributed by atoms with Gasteiger partial charge in [-0.3, -0.25) is 0 Å². The fourth-order valence-electron chi connectivity index (χ4n) is 0.258. The molecule has 0 fully saturated rings. The highest BCUT2D eigenvalue weighted by atomic mass is 32.2. The van der Waals surface area contributed by atoms with Crippen molar-refractivity contribution in [3.05, 3.63) is 12.2 Å². The third kappa shape index (κ3) is 6.44. The van der Waals surface area contributed by atoms with Crippen molar-refractivity contribution in [1.29, 1.82) is 0 Å². The van der Waals surface area contributed by atoms with E-state index in [4.69, 9.17) is 0 Å². The molecule has 0 saturated carbocycles. The summed E-state index contributed by atoms with van der Waals surface area (Å²) < 4.78 is 0.205. The first-order valence-corrected chi connectivity index (χ1v) is 3.28. The molecule has 0 aliphatic heterocycles. The Morgan fingerprint density at radius 2 is 2.14 bits per heavy atom. The molecule has 0 N–H and O–H groups in total. The molecule has 0 nitrogen and oxygen atoms in total. The fraction of sp³-hybridized carbons (Fsp3) is 0.600. The Bertz CT molecular complexity index is 57.1. The smallest absolute Gasteiger partial charge is 0.0476 e. The number of allylic oxidation sites excluding steroid dienone is 2. The minimum atomic E-state index is 0.205. The highest BCUT2D eigenvalue weighted by molar-refractivity contribution is 7.99. The minimum absolute atomic E-state index is 0.205. The van der Waals surface area contributed by atoms with E-state index in [1.54, 1.807) is 0 Å². The van der Waals surface area contributed by atoms with E-state index < -0.39 is 0 Å². The molecule has 0 heterocycles. The monoisotopic (exact) mass is 134 g/mol. The molecule has 0 spiro atoms. The Balaban J connectivity index is 2.97. The molecule has 0 aliphatic rings. The maximum atomic E-state index is 4.05. The summed E-state index contributed by atoms with van der Waals surface area (Å²) in [6.07, 6.45) is 4.99. The van der Waals surface area contributed by atoms with Gasteiger partial charge in [0.15, 0.2) is 0 Å². The van der Waals surface area contributed by atoms with E-state index in [2.05, 4.69) is 25.3 Å². The minimum Gasteiger partial charge on any atom is -0.165 e. The topological polar surface area (TPSA) is 0 Å². The van der Waals surface area contributed by atoms with E-state index >= 15 is 0 Å². The largest absolute Gasteiger partial charge is 0.165 e. The van der Waals surface area contributed by atoms with Crippen molar-refractivity contribution in [2.75, 3.05) is 0 Å². The lowest BCUT2D eigenvalue weighted by Crippen LogP contribution is -1.79. The normalized spacial score (nSPS) is 11.4. The predicted octanol–water partition coefficient (Wildman–Crippen LogP) is 2.14. The Morgan fingerprint density at radius 3 is 2.29 bits per heavy atom. The van der Waals surface area contributed by atoms with Crippen molar-refractivity contribution in [1.82, 2.24) is 0 Å². The second-order valence-electron chi connectivity index (χ2n) is 1.29. The van der Waals surface area contributed by atoms with Gasteiger partial charge in [-0.15, -0.1) is 0 Å². The van der Waals surface area contributed by atoms with E-state index in [1.165, 1.54) is 0 Å². The molecule has 0 aliphatic carbocycles. The van der Waals surface area contributed by atoms with Crippen molar-refractivity contribution in [2.45, 2.75) is 17.9 Å². The summed E-state index contributed by atoms with van der Waals surface area (Å²) in [6.45, 7) is 1.99. The van der Waals surface area contributed by atoms with Crippen molar-refractivity contribution >= 4 is 25.3 Å². The first kappa shape index (κ1) is 7.44. The van der Waals surface area contributed by atoms with E-state index in [0.717, 1.165) is 6.42 Å². The van der Waals surface area contributed by atoms with Crippen LogP contribution in [0.5, 0.6) is 0 Å². The predicted molar refractivity (Wildman–Crippen MR) is 41.2 cm³/mol. The summed E-state index contributed by atoms with van der Waals surface area (Å²) in [4.78, 5) is 0. The lowest BCUT2D eigenvalue weighted by atomic mass is 10.4. The molecule has 0 atom stereocenters. The molecule has 0 unspecified atom stereocenters. The van der Waals surface area contributed by atoms with Crippen LogP contribution in [0.15, 0.2) is 12.2 Å². The van der Waals surface area contributed by atoms with Gasteiger partial charge in [-0.05, 0) is 13.3 Å². The lowest BCUT2D eigenvalue weighted by molar-refractivity contribution is 1.19. The fourth-order valence-corrected chi connectivity index (χ4v) is 0.501. The Labute approximate surface area is 55.8 Å². The molecule has 0 aromatic heterocycles. The average molecular weight is 134 g/mol. The first-order valence-electron chi connectivity index (χ1n) is 2.24. The van der Waals surface area contributed by atoms with E-state index in [0.29, 0.717) is 0 Å². The Kier molecular flexibility index (Phi) is 4.88. The molecule has 0 aromatic carbocycles. The Morgan fingerprint density at radius 1 is 1.57 bits per heavy atom. The van der Waals surface area contributed by atoms with Gasteiger partial charge in [0.2, 0.25) is 0 Å². The van der Waals surface area contributed by atoms with Gasteiger partial charge in [-0.2, -0.15) is 25.3 Å². The van der Waals surface area contributed by atoms with E-state index in [9.17, 15) is 0 Å². The van der Waals surface area contributed by atoms with Crippen LogP contribution >= 0.6 is 25.3 Å². The summed E-state index contributed by atoms with van der Waals surface area (Å²) >= 11 is 8.09. The number of thiol groups is 2. The van der Waals surface area contributed by atoms with Crippen LogP contribution in [0.25, 0.3) is 0 Å². The lowest BCUT2D eigenvalue weighted by Gasteiger charge is -1.92. The van der Waals surface area contributed by atoms with Gasteiger partial charge >= 0.3 is 0 Å². The zero-order chi connectivity index (χ0) is 5.70. The van der Waals surface area contributed by atoms with Gasteiger partial charge < -0.3 is 0 Å². The standard InChI is InChI=1S/C5H10S2/c1-2-3-4-5(6)7/h2-3,5-7H,4H2,1H3. The third-order valence-electron chi connectivity index (χ3n) is 0.583. The molecule has 0 aromatic rings. The molecule has 2 heteroatoms. The van der Waals surface area contributed by atoms with Crippen molar-refractivity contribution < 1.29 is 0 Å². The van der Waals surface area contributed by atoms with Crippen molar-refractivity contribution in [3.63, 3.8) is 0 Å². The van der Waals surface area contributed by atoms with Crippen LogP contribution in [-0.2, 0) is 0 Å². The summed E-state index contributed by atoms with van der Waals surface area (Å²) in [6, 6.07) is 0. The molecule has 0 rings (SSSR count). The van der Waals surface area contributed by atoms with Crippen LogP contribution in [0.3, 0.4) is 0 Å². The van der Waals surface area contributed by atoms with Gasteiger partial charge in [0, 0.05) is 4.58 Å². The quantitative estimate of drug-likeness (QED) is 0.323. The van der Waals surface area contributed by atoms with E-state index in [-0.39, 0.29) is 4.58 Å². The molecule has 0 amide bonds. The van der Waals surface area contributed by atoms with Gasteiger partial charge in [0.05, 0.1) is 0 Å². The van der Waals surface area contributed by atoms with Gasteiger partial charge in [0.25, 0.3) is 0 Å². The van der Waals surface area contributed by atoms with Gasteiger partial charge in [0.1, 0.15) is 0 Å². The summed E-state index contributed by atoms with van der Waals surface area (Å²) in [5.41, 5.74) is 0. The van der Waals surface area contributed by atoms with Crippen molar-refractivity contribution in [3.8, 4) is 0 Å². The zero-order valence-electron chi connectivity index (χ0n) is 4.33. The molecular formula is C5H10S2. The van der Waals surface area contributed by atoms with E-state index in [1.807, 2.05) is 19.1 Å². The molecule has 7 heavy (non-hydrogen) atoms. The summed E-state index contributed by atoms with van der Waals surface area (Å²) in [5, 5.41) is 0. The zero-order valence-corrected chi connectivity index (χ0v) is 6.12. The average Bonchev–Trinajstić information content (AvgIpc) is 1.61. The summed E-state index contributed by atoms with van der Waals surface area (Å²) in [5.74, 6) is 0. The maximum absolute atomic E-state index is 4.05. The van der Waals surface area contributed by atoms with Crippen LogP contribution in [0, 0.1) is 0 Å². The number of hydrogen-bond acceptors (Lipinski definition) is 2. The molecule has 0 saturated heterocycles. The van der Waals surface area contributed by atoms with Crippen LogP contribution in [0.4, 0.5) is 0 Å². The molecular weight excluding hydrogens is 124 g/mol. The van der Waals surface area contributed by atoms with Crippen LogP contribution in [0.1, 0.15) is 13.3 Å². The second kappa shape index (κ2) is 4.60. The first-order chi connectivity index (χ1) is 3.27. The van der Waals surface area contributed by atoms with Gasteiger partial charge in [-0.1, -0.05) is 12.2 Å².